The van der Waals surface area contributed by atoms with E-state index in [1.807, 2.05) is 66.9 Å². The number of benzene rings is 3. The van der Waals surface area contributed by atoms with Crippen LogP contribution in [0.3, 0.4) is 0 Å². The predicted octanol–water partition coefficient (Wildman–Crippen LogP) is 7.75. The van der Waals surface area contributed by atoms with Crippen molar-refractivity contribution in [3.63, 3.8) is 0 Å². The molecule has 4 bridgehead atoms. The van der Waals surface area contributed by atoms with Crippen molar-refractivity contribution in [3.8, 4) is 17.2 Å². The Bertz CT molecular complexity index is 1190. The second kappa shape index (κ2) is 8.86. The predicted molar refractivity (Wildman–Crippen MR) is 142 cm³/mol. The summed E-state index contributed by atoms with van der Waals surface area (Å²) < 4.78 is 6.26. The molecule has 3 aromatic rings. The van der Waals surface area contributed by atoms with E-state index in [2.05, 4.69) is 26.0 Å². The smallest absolute Gasteiger partial charge is 0.128 e. The monoisotopic (exact) mass is 465 g/mol. The molecule has 35 heavy (non-hydrogen) atoms. The number of ether oxygens (including phenoxy) is 1. The van der Waals surface area contributed by atoms with Crippen LogP contribution in [0.15, 0.2) is 77.8 Å². The van der Waals surface area contributed by atoms with Gasteiger partial charge in [-0.25, -0.2) is 0 Å². The molecule has 4 aliphatic carbocycles. The van der Waals surface area contributed by atoms with E-state index in [9.17, 15) is 5.11 Å². The van der Waals surface area contributed by atoms with Crippen molar-refractivity contribution in [2.75, 3.05) is 0 Å². The molecule has 0 unspecified atom stereocenters. The molecule has 0 amide bonds. The van der Waals surface area contributed by atoms with Gasteiger partial charge in [0.25, 0.3) is 0 Å². The minimum Gasteiger partial charge on any atom is -0.507 e. The molecule has 4 fully saturated rings. The lowest BCUT2D eigenvalue weighted by atomic mass is 9.54. The Kier molecular flexibility index (Phi) is 5.67. The number of aliphatic imine (C=N–C) groups is 1. The highest BCUT2D eigenvalue weighted by atomic mass is 16.5. The van der Waals surface area contributed by atoms with E-state index in [1.165, 1.54) is 32.1 Å². The molecule has 0 spiro atoms. The number of nitrogens with zero attached hydrogens (tertiary/aromatic N) is 1. The van der Waals surface area contributed by atoms with Crippen LogP contribution in [0.4, 0.5) is 0 Å². The Morgan fingerprint density at radius 2 is 1.40 bits per heavy atom. The summed E-state index contributed by atoms with van der Waals surface area (Å²) in [7, 11) is 0. The highest BCUT2D eigenvalue weighted by Gasteiger charge is 2.48. The molecule has 3 heteroatoms. The van der Waals surface area contributed by atoms with Gasteiger partial charge in [-0.05, 0) is 85.6 Å². The number of para-hydroxylation sites is 1. The molecule has 0 aliphatic heterocycles. The van der Waals surface area contributed by atoms with Gasteiger partial charge in [0, 0.05) is 22.8 Å². The number of hydrogen-bond donors (Lipinski definition) is 1. The number of phenols is 1. The summed E-state index contributed by atoms with van der Waals surface area (Å²) in [4.78, 5) is 5.16. The number of aromatic hydroxyl groups is 1. The molecule has 4 aliphatic rings. The molecule has 7 rings (SSSR count). The van der Waals surface area contributed by atoms with Crippen molar-refractivity contribution in [1.29, 1.82) is 0 Å². The molecular formula is C32H35NO2. The van der Waals surface area contributed by atoms with Crippen molar-refractivity contribution in [2.24, 2.45) is 28.7 Å². The van der Waals surface area contributed by atoms with E-state index in [0.29, 0.717) is 23.6 Å². The van der Waals surface area contributed by atoms with Crippen molar-refractivity contribution in [1.82, 2.24) is 0 Å². The summed E-state index contributed by atoms with van der Waals surface area (Å²) in [6, 6.07) is 24.5. The summed E-state index contributed by atoms with van der Waals surface area (Å²) in [5, 5.41) is 11.5. The Morgan fingerprint density at radius 3 is 2.03 bits per heavy atom. The van der Waals surface area contributed by atoms with Crippen LogP contribution in [0.1, 0.15) is 62.6 Å². The number of hydrogen-bond acceptors (Lipinski definition) is 3. The van der Waals surface area contributed by atoms with Crippen LogP contribution in [0.25, 0.3) is 0 Å². The fourth-order valence-corrected chi connectivity index (χ4v) is 7.20. The van der Waals surface area contributed by atoms with Crippen LogP contribution < -0.4 is 4.74 Å². The number of phenolic OH excluding ortho intramolecular Hbond substituents is 1. The lowest BCUT2D eigenvalue weighted by Gasteiger charge is -2.53. The first-order chi connectivity index (χ1) is 17.0. The summed E-state index contributed by atoms with van der Waals surface area (Å²) in [5.41, 5.74) is 2.35. The van der Waals surface area contributed by atoms with E-state index >= 15 is 0 Å². The summed E-state index contributed by atoms with van der Waals surface area (Å²) in [6.07, 6.45) is 8.73. The Balaban J connectivity index is 1.38. The second-order valence-corrected chi connectivity index (χ2v) is 11.5. The highest BCUT2D eigenvalue weighted by molar-refractivity contribution is 5.85. The van der Waals surface area contributed by atoms with E-state index in [4.69, 9.17) is 9.73 Å². The van der Waals surface area contributed by atoms with Gasteiger partial charge in [0.1, 0.15) is 17.2 Å². The average molecular weight is 466 g/mol. The molecule has 0 atom stereocenters. The number of rotatable bonds is 6. The van der Waals surface area contributed by atoms with Crippen molar-refractivity contribution < 1.29 is 9.84 Å². The van der Waals surface area contributed by atoms with Gasteiger partial charge in [0.15, 0.2) is 0 Å². The molecule has 180 valence electrons. The second-order valence-electron chi connectivity index (χ2n) is 11.5. The summed E-state index contributed by atoms with van der Waals surface area (Å²) in [5.74, 6) is 5.09. The third kappa shape index (κ3) is 4.26. The minimum absolute atomic E-state index is 0.298. The fourth-order valence-electron chi connectivity index (χ4n) is 7.20. The van der Waals surface area contributed by atoms with Gasteiger partial charge in [0.2, 0.25) is 0 Å². The summed E-state index contributed by atoms with van der Waals surface area (Å²) in [6.45, 7) is 4.31. The molecule has 0 saturated heterocycles. The van der Waals surface area contributed by atoms with Crippen LogP contribution in [0.5, 0.6) is 17.2 Å². The lowest BCUT2D eigenvalue weighted by Crippen LogP contribution is -2.47. The average Bonchev–Trinajstić information content (AvgIpc) is 2.86. The first-order valence-corrected chi connectivity index (χ1v) is 13.2. The van der Waals surface area contributed by atoms with Gasteiger partial charge in [-0.2, -0.15) is 0 Å². The Labute approximate surface area is 208 Å². The molecule has 1 N–H and O–H groups in total. The zero-order chi connectivity index (χ0) is 24.0. The van der Waals surface area contributed by atoms with Crippen molar-refractivity contribution >= 4 is 6.21 Å². The standard InChI is InChI=1S/C32H35NO2/c1-32(2,26-9-5-3-6-10-26)29-19-28(35-27-11-7-4-8-12-27)18-25(31(29)34)20-33-30-23-14-21-13-22(16-23)17-24(30)15-21/h3-12,18-24,30,34H,13-17H2,1-2H3. The SMILES string of the molecule is CC(C)(c1ccccc1)c1cc(Oc2ccccc2)cc(C=NC2C3CC4CC(C3)CC2C4)c1O. The van der Waals surface area contributed by atoms with E-state index in [1.54, 1.807) is 0 Å². The molecule has 0 heterocycles. The lowest BCUT2D eigenvalue weighted by molar-refractivity contribution is 0.00146. The molecular weight excluding hydrogens is 430 g/mol. The van der Waals surface area contributed by atoms with Gasteiger partial charge in [0.05, 0.1) is 6.04 Å². The molecule has 3 aromatic carbocycles. The van der Waals surface area contributed by atoms with E-state index < -0.39 is 5.41 Å². The third-order valence-corrected chi connectivity index (χ3v) is 8.82. The Hall–Kier alpha value is -3.07. The maximum Gasteiger partial charge on any atom is 0.128 e. The van der Waals surface area contributed by atoms with Gasteiger partial charge >= 0.3 is 0 Å². The van der Waals surface area contributed by atoms with Gasteiger partial charge in [-0.3, -0.25) is 4.99 Å². The Morgan fingerprint density at radius 1 is 0.800 bits per heavy atom. The molecule has 0 aromatic heterocycles. The fraction of sp³-hybridized carbons (Fsp3) is 0.406. The zero-order valence-corrected chi connectivity index (χ0v) is 20.7. The van der Waals surface area contributed by atoms with E-state index in [-0.39, 0.29) is 0 Å². The minimum atomic E-state index is -0.396. The summed E-state index contributed by atoms with van der Waals surface area (Å²) >= 11 is 0. The largest absolute Gasteiger partial charge is 0.507 e. The van der Waals surface area contributed by atoms with E-state index in [0.717, 1.165) is 40.0 Å². The van der Waals surface area contributed by atoms with Gasteiger partial charge in [-0.15, -0.1) is 0 Å². The molecule has 4 saturated carbocycles. The molecule has 3 nitrogen and oxygen atoms in total. The van der Waals surface area contributed by atoms with Crippen LogP contribution in [-0.2, 0) is 5.41 Å². The van der Waals surface area contributed by atoms with Crippen molar-refractivity contribution in [3.05, 3.63) is 89.5 Å². The third-order valence-electron chi connectivity index (χ3n) is 8.82. The zero-order valence-electron chi connectivity index (χ0n) is 20.7. The van der Waals surface area contributed by atoms with Crippen LogP contribution in [0, 0.1) is 23.7 Å². The normalized spacial score (nSPS) is 27.4. The maximum atomic E-state index is 11.5. The van der Waals surface area contributed by atoms with Crippen LogP contribution in [0.2, 0.25) is 0 Å². The van der Waals surface area contributed by atoms with Crippen LogP contribution >= 0.6 is 0 Å². The quantitative estimate of drug-likeness (QED) is 0.378. The maximum absolute atomic E-state index is 11.5. The highest BCUT2D eigenvalue weighted by Crippen LogP contribution is 2.54. The first-order valence-electron chi connectivity index (χ1n) is 13.2. The van der Waals surface area contributed by atoms with Crippen LogP contribution in [-0.4, -0.2) is 17.4 Å². The van der Waals surface area contributed by atoms with Gasteiger partial charge in [-0.1, -0.05) is 62.4 Å². The topological polar surface area (TPSA) is 41.8 Å². The molecule has 0 radical (unpaired) electrons. The van der Waals surface area contributed by atoms with Gasteiger partial charge < -0.3 is 9.84 Å². The first kappa shape index (κ1) is 22.4. The van der Waals surface area contributed by atoms with Crippen molar-refractivity contribution in [2.45, 2.75) is 57.4 Å².